The van der Waals surface area contributed by atoms with E-state index in [1.165, 1.54) is 29.5 Å². The molecule has 1 aromatic carbocycles. The average Bonchev–Trinajstić information content (AvgIpc) is 2.39. The van der Waals surface area contributed by atoms with Crippen molar-refractivity contribution in [2.45, 2.75) is 73.8 Å². The molecule has 0 saturated carbocycles. The summed E-state index contributed by atoms with van der Waals surface area (Å²) in [6.07, 6.45) is 3.60. The summed E-state index contributed by atoms with van der Waals surface area (Å²) in [5, 5.41) is 3.77. The Hall–Kier alpha value is -0.820. The van der Waals surface area contributed by atoms with Gasteiger partial charge in [-0.15, -0.1) is 0 Å². The average molecular weight is 290 g/mol. The van der Waals surface area contributed by atoms with Crippen LogP contribution in [0, 0.1) is 25.2 Å². The van der Waals surface area contributed by atoms with Gasteiger partial charge in [0.05, 0.1) is 0 Å². The number of aryl methyl sites for hydroxylation is 2. The van der Waals surface area contributed by atoms with Crippen LogP contribution in [0.4, 0.5) is 0 Å². The molecule has 0 bridgehead atoms. The Bertz CT molecular complexity index is 428. The van der Waals surface area contributed by atoms with Gasteiger partial charge in [-0.05, 0) is 62.1 Å². The monoisotopic (exact) mass is 289 g/mol. The lowest BCUT2D eigenvalue weighted by Crippen LogP contribution is -2.36. The molecule has 1 N–H and O–H groups in total. The quantitative estimate of drug-likeness (QED) is 0.719. The second kappa shape index (κ2) is 7.98. The Labute approximate surface area is 132 Å². The van der Waals surface area contributed by atoms with Crippen molar-refractivity contribution >= 4 is 0 Å². The molecule has 0 aliphatic rings. The lowest BCUT2D eigenvalue weighted by molar-refractivity contribution is 0.222. The van der Waals surface area contributed by atoms with Crippen molar-refractivity contribution in [3.05, 3.63) is 34.9 Å². The minimum atomic E-state index is 0.383. The highest BCUT2D eigenvalue weighted by molar-refractivity contribution is 5.31. The molecule has 0 fully saturated rings. The largest absolute Gasteiger partial charge is 0.314 e. The van der Waals surface area contributed by atoms with E-state index in [1.54, 1.807) is 0 Å². The van der Waals surface area contributed by atoms with Gasteiger partial charge < -0.3 is 5.32 Å². The maximum Gasteiger partial charge on any atom is 0.0110 e. The predicted octanol–water partition coefficient (Wildman–Crippen LogP) is 5.29. The number of hydrogen-bond acceptors (Lipinski definition) is 1. The van der Waals surface area contributed by atoms with Crippen molar-refractivity contribution in [3.63, 3.8) is 0 Å². The van der Waals surface area contributed by atoms with Gasteiger partial charge in [0.15, 0.2) is 0 Å². The van der Waals surface area contributed by atoms with Gasteiger partial charge in [0.2, 0.25) is 0 Å². The summed E-state index contributed by atoms with van der Waals surface area (Å²) in [5.41, 5.74) is 4.68. The van der Waals surface area contributed by atoms with Crippen molar-refractivity contribution < 1.29 is 0 Å². The molecule has 0 amide bonds. The minimum absolute atomic E-state index is 0.383. The zero-order valence-corrected chi connectivity index (χ0v) is 15.2. The van der Waals surface area contributed by atoms with E-state index in [9.17, 15) is 0 Å². The molecule has 2 atom stereocenters. The topological polar surface area (TPSA) is 12.0 Å². The maximum atomic E-state index is 3.77. The molecule has 21 heavy (non-hydrogen) atoms. The maximum absolute atomic E-state index is 3.77. The van der Waals surface area contributed by atoms with Crippen molar-refractivity contribution in [1.29, 1.82) is 0 Å². The first-order chi connectivity index (χ1) is 9.74. The minimum Gasteiger partial charge on any atom is -0.314 e. The Kier molecular flexibility index (Phi) is 6.93. The van der Waals surface area contributed by atoms with Crippen LogP contribution in [0.15, 0.2) is 18.2 Å². The first-order valence-corrected chi connectivity index (χ1v) is 8.53. The summed E-state index contributed by atoms with van der Waals surface area (Å²) < 4.78 is 0. The van der Waals surface area contributed by atoms with Crippen LogP contribution >= 0.6 is 0 Å². The molecule has 0 heterocycles. The standard InChI is InChI=1S/C20H35N/c1-8-11-21-19(13-17(4)20(5,6)7)14-18-12-15(2)9-10-16(18)3/h9-10,12,17,19,21H,8,11,13-14H2,1-7H3. The molecule has 0 saturated heterocycles. The van der Waals surface area contributed by atoms with Crippen LogP contribution in [0.5, 0.6) is 0 Å². The van der Waals surface area contributed by atoms with Crippen LogP contribution < -0.4 is 5.32 Å². The molecule has 1 aromatic rings. The van der Waals surface area contributed by atoms with E-state index in [-0.39, 0.29) is 0 Å². The van der Waals surface area contributed by atoms with Gasteiger partial charge in [0, 0.05) is 6.04 Å². The summed E-state index contributed by atoms with van der Waals surface area (Å²) in [6.45, 7) is 17.2. The molecule has 0 radical (unpaired) electrons. The van der Waals surface area contributed by atoms with E-state index >= 15 is 0 Å². The van der Waals surface area contributed by atoms with Crippen molar-refractivity contribution in [2.75, 3.05) is 6.54 Å². The molecule has 0 spiro atoms. The summed E-state index contributed by atoms with van der Waals surface area (Å²) in [4.78, 5) is 0. The predicted molar refractivity (Wildman–Crippen MR) is 94.9 cm³/mol. The highest BCUT2D eigenvalue weighted by Gasteiger charge is 2.23. The molecule has 120 valence electrons. The Balaban J connectivity index is 2.80. The van der Waals surface area contributed by atoms with Gasteiger partial charge in [0.1, 0.15) is 0 Å². The van der Waals surface area contributed by atoms with Gasteiger partial charge in [-0.1, -0.05) is 58.4 Å². The van der Waals surface area contributed by atoms with Crippen LogP contribution in [0.25, 0.3) is 0 Å². The molecule has 2 unspecified atom stereocenters. The normalized spacial score (nSPS) is 15.0. The SMILES string of the molecule is CCCNC(Cc1cc(C)ccc1C)CC(C)C(C)(C)C. The first-order valence-electron chi connectivity index (χ1n) is 8.53. The lowest BCUT2D eigenvalue weighted by Gasteiger charge is -2.31. The highest BCUT2D eigenvalue weighted by atomic mass is 14.9. The summed E-state index contributed by atoms with van der Waals surface area (Å²) in [7, 11) is 0. The van der Waals surface area contributed by atoms with Crippen LogP contribution in [0.2, 0.25) is 0 Å². The van der Waals surface area contributed by atoms with Gasteiger partial charge in [-0.2, -0.15) is 0 Å². The Morgan fingerprint density at radius 3 is 2.38 bits per heavy atom. The molecule has 1 rings (SSSR count). The van der Waals surface area contributed by atoms with Gasteiger partial charge in [-0.3, -0.25) is 0 Å². The molecular formula is C20H35N. The van der Waals surface area contributed by atoms with E-state index in [4.69, 9.17) is 0 Å². The van der Waals surface area contributed by atoms with Crippen molar-refractivity contribution in [2.24, 2.45) is 11.3 Å². The molecule has 1 nitrogen and oxygen atoms in total. The van der Waals surface area contributed by atoms with Crippen LogP contribution in [0.3, 0.4) is 0 Å². The van der Waals surface area contributed by atoms with E-state index in [2.05, 4.69) is 72.0 Å². The highest BCUT2D eigenvalue weighted by Crippen LogP contribution is 2.30. The lowest BCUT2D eigenvalue weighted by atomic mass is 9.77. The summed E-state index contributed by atoms with van der Waals surface area (Å²) >= 11 is 0. The molecular weight excluding hydrogens is 254 g/mol. The molecule has 0 aromatic heterocycles. The number of benzene rings is 1. The van der Waals surface area contributed by atoms with Crippen molar-refractivity contribution in [1.82, 2.24) is 5.32 Å². The summed E-state index contributed by atoms with van der Waals surface area (Å²) in [6, 6.07) is 7.41. The van der Waals surface area contributed by atoms with E-state index in [0.29, 0.717) is 11.5 Å². The fourth-order valence-electron chi connectivity index (χ4n) is 2.65. The summed E-state index contributed by atoms with van der Waals surface area (Å²) in [5.74, 6) is 0.719. The molecule has 0 aliphatic carbocycles. The van der Waals surface area contributed by atoms with Gasteiger partial charge in [-0.25, -0.2) is 0 Å². The smallest absolute Gasteiger partial charge is 0.0110 e. The van der Waals surface area contributed by atoms with Crippen LogP contribution in [-0.4, -0.2) is 12.6 Å². The van der Waals surface area contributed by atoms with Crippen molar-refractivity contribution in [3.8, 4) is 0 Å². The third kappa shape index (κ3) is 6.22. The fraction of sp³-hybridized carbons (Fsp3) is 0.700. The Morgan fingerprint density at radius 1 is 1.14 bits per heavy atom. The fourth-order valence-corrected chi connectivity index (χ4v) is 2.65. The molecule has 1 heteroatoms. The van der Waals surface area contributed by atoms with Gasteiger partial charge >= 0.3 is 0 Å². The second-order valence-corrected chi connectivity index (χ2v) is 7.79. The van der Waals surface area contributed by atoms with Gasteiger partial charge in [0.25, 0.3) is 0 Å². The second-order valence-electron chi connectivity index (χ2n) is 7.79. The number of nitrogens with one attached hydrogen (secondary N) is 1. The third-order valence-electron chi connectivity index (χ3n) is 4.77. The van der Waals surface area contributed by atoms with Crippen LogP contribution in [-0.2, 0) is 6.42 Å². The zero-order chi connectivity index (χ0) is 16.0. The van der Waals surface area contributed by atoms with Crippen LogP contribution in [0.1, 0.15) is 64.2 Å². The van der Waals surface area contributed by atoms with E-state index in [0.717, 1.165) is 18.9 Å². The Morgan fingerprint density at radius 2 is 1.81 bits per heavy atom. The number of hydrogen-bond donors (Lipinski definition) is 1. The third-order valence-corrected chi connectivity index (χ3v) is 4.77. The zero-order valence-electron chi connectivity index (χ0n) is 15.2. The van der Waals surface area contributed by atoms with E-state index in [1.807, 2.05) is 0 Å². The first kappa shape index (κ1) is 18.2. The van der Waals surface area contributed by atoms with E-state index < -0.39 is 0 Å². The number of rotatable bonds is 7. The molecule has 0 aliphatic heterocycles.